The van der Waals surface area contributed by atoms with E-state index in [1.54, 1.807) is 0 Å². The molecule has 4 heteroatoms. The average molecular weight is 377 g/mol. The third-order valence-electron chi connectivity index (χ3n) is 6.10. The minimum atomic E-state index is -0.301. The Balaban J connectivity index is 1.53. The zero-order chi connectivity index (χ0) is 15.9. The first kappa shape index (κ1) is 15.6. The minimum absolute atomic E-state index is 0.267. The van der Waals surface area contributed by atoms with Crippen molar-refractivity contribution in [2.24, 2.45) is 0 Å². The molecule has 2 aliphatic heterocycles. The first-order valence-corrected chi connectivity index (χ1v) is 9.78. The Hall–Kier alpha value is -0.870. The van der Waals surface area contributed by atoms with E-state index in [2.05, 4.69) is 50.8 Å². The quantitative estimate of drug-likeness (QED) is 0.844. The molecular formula is C19H25BrN2O. The molecule has 3 fully saturated rings. The number of amides is 1. The molecule has 2 saturated heterocycles. The van der Waals surface area contributed by atoms with E-state index in [1.165, 1.54) is 18.4 Å². The van der Waals surface area contributed by atoms with Crippen molar-refractivity contribution >= 4 is 21.8 Å². The highest BCUT2D eigenvalue weighted by molar-refractivity contribution is 9.10. The van der Waals surface area contributed by atoms with Gasteiger partial charge in [-0.15, -0.1) is 0 Å². The molecule has 124 valence electrons. The van der Waals surface area contributed by atoms with E-state index >= 15 is 0 Å². The number of rotatable bonds is 3. The van der Waals surface area contributed by atoms with Gasteiger partial charge in [-0.25, -0.2) is 0 Å². The molecule has 0 radical (unpaired) electrons. The van der Waals surface area contributed by atoms with Crippen molar-refractivity contribution in [1.29, 1.82) is 0 Å². The minimum Gasteiger partial charge on any atom is -0.352 e. The predicted molar refractivity (Wildman–Crippen MR) is 95.4 cm³/mol. The Morgan fingerprint density at radius 2 is 1.70 bits per heavy atom. The second kappa shape index (κ2) is 6.21. The van der Waals surface area contributed by atoms with Crippen molar-refractivity contribution in [3.05, 3.63) is 34.3 Å². The Kier molecular flexibility index (Phi) is 4.22. The normalized spacial score (nSPS) is 32.0. The molecule has 2 heterocycles. The maximum Gasteiger partial charge on any atom is 0.230 e. The predicted octanol–water partition coefficient (Wildman–Crippen LogP) is 3.66. The molecule has 2 unspecified atom stereocenters. The van der Waals surface area contributed by atoms with E-state index < -0.39 is 0 Å². The van der Waals surface area contributed by atoms with Crippen LogP contribution in [-0.4, -0.2) is 24.0 Å². The maximum absolute atomic E-state index is 13.2. The van der Waals surface area contributed by atoms with Crippen LogP contribution in [0.1, 0.15) is 56.9 Å². The Labute approximate surface area is 146 Å². The summed E-state index contributed by atoms with van der Waals surface area (Å²) in [6, 6.07) is 9.97. The summed E-state index contributed by atoms with van der Waals surface area (Å²) in [5.74, 6) is 0.267. The second-order valence-corrected chi connectivity index (χ2v) is 8.49. The van der Waals surface area contributed by atoms with Crippen LogP contribution < -0.4 is 10.6 Å². The van der Waals surface area contributed by atoms with Gasteiger partial charge in [0, 0.05) is 22.6 Å². The molecule has 2 atom stereocenters. The van der Waals surface area contributed by atoms with Gasteiger partial charge in [-0.3, -0.25) is 4.79 Å². The van der Waals surface area contributed by atoms with Gasteiger partial charge >= 0.3 is 0 Å². The van der Waals surface area contributed by atoms with Gasteiger partial charge in [0.05, 0.1) is 5.41 Å². The molecule has 0 spiro atoms. The molecule has 1 aliphatic carbocycles. The highest BCUT2D eigenvalue weighted by atomic mass is 79.9. The van der Waals surface area contributed by atoms with E-state index in [9.17, 15) is 4.79 Å². The van der Waals surface area contributed by atoms with Crippen molar-refractivity contribution in [3.63, 3.8) is 0 Å². The van der Waals surface area contributed by atoms with Crippen molar-refractivity contribution in [1.82, 2.24) is 10.6 Å². The average Bonchev–Trinajstić information content (AvgIpc) is 3.16. The van der Waals surface area contributed by atoms with E-state index in [0.29, 0.717) is 18.1 Å². The fraction of sp³-hybridized carbons (Fsp3) is 0.632. The van der Waals surface area contributed by atoms with Crippen molar-refractivity contribution < 1.29 is 4.79 Å². The number of carbonyl (C=O) groups excluding carboxylic acids is 1. The van der Waals surface area contributed by atoms with Gasteiger partial charge in [0.2, 0.25) is 5.91 Å². The van der Waals surface area contributed by atoms with E-state index in [0.717, 1.165) is 43.0 Å². The summed E-state index contributed by atoms with van der Waals surface area (Å²) in [7, 11) is 0. The second-order valence-electron chi connectivity index (χ2n) is 7.58. The molecule has 3 aliphatic rings. The lowest BCUT2D eigenvalue weighted by Crippen LogP contribution is -2.52. The fourth-order valence-corrected chi connectivity index (χ4v) is 5.16. The van der Waals surface area contributed by atoms with Gasteiger partial charge in [-0.2, -0.15) is 0 Å². The van der Waals surface area contributed by atoms with Gasteiger partial charge in [0.1, 0.15) is 0 Å². The largest absolute Gasteiger partial charge is 0.352 e. The first-order valence-electron chi connectivity index (χ1n) is 8.99. The van der Waals surface area contributed by atoms with E-state index in [1.807, 2.05) is 0 Å². The lowest BCUT2D eigenvalue weighted by Gasteiger charge is -2.34. The fourth-order valence-electron chi connectivity index (χ4n) is 4.89. The van der Waals surface area contributed by atoms with Crippen molar-refractivity contribution in [2.75, 3.05) is 0 Å². The van der Waals surface area contributed by atoms with Crippen LogP contribution >= 0.6 is 15.9 Å². The molecule has 1 aromatic rings. The summed E-state index contributed by atoms with van der Waals surface area (Å²) < 4.78 is 1.07. The monoisotopic (exact) mass is 376 g/mol. The summed E-state index contributed by atoms with van der Waals surface area (Å²) in [4.78, 5) is 13.2. The number of carbonyl (C=O) groups is 1. The Bertz CT molecular complexity index is 568. The molecule has 23 heavy (non-hydrogen) atoms. The number of nitrogens with one attached hydrogen (secondary N) is 2. The molecule has 1 saturated carbocycles. The topological polar surface area (TPSA) is 41.1 Å². The number of fused-ring (bicyclic) bond motifs is 2. The molecule has 1 amide bonds. The van der Waals surface area contributed by atoms with Crippen LogP contribution in [0.5, 0.6) is 0 Å². The summed E-state index contributed by atoms with van der Waals surface area (Å²) in [6.45, 7) is 0. The molecule has 4 rings (SSSR count). The van der Waals surface area contributed by atoms with Crippen LogP contribution in [-0.2, 0) is 10.2 Å². The summed E-state index contributed by atoms with van der Waals surface area (Å²) >= 11 is 3.50. The Morgan fingerprint density at radius 1 is 1.09 bits per heavy atom. The Morgan fingerprint density at radius 3 is 2.30 bits per heavy atom. The lowest BCUT2D eigenvalue weighted by molar-refractivity contribution is -0.127. The van der Waals surface area contributed by atoms with E-state index in [-0.39, 0.29) is 11.3 Å². The van der Waals surface area contributed by atoms with Gasteiger partial charge in [0.25, 0.3) is 0 Å². The SMILES string of the molecule is O=C(NC1CC2CCC(C1)N2)C1(c2ccc(Br)cc2)CCCC1. The maximum atomic E-state index is 13.2. The van der Waals surface area contributed by atoms with Gasteiger partial charge < -0.3 is 10.6 Å². The number of piperidine rings is 1. The van der Waals surface area contributed by atoms with Gasteiger partial charge in [-0.1, -0.05) is 40.9 Å². The van der Waals surface area contributed by atoms with Crippen molar-refractivity contribution in [3.8, 4) is 0 Å². The van der Waals surface area contributed by atoms with Crippen LogP contribution in [0.25, 0.3) is 0 Å². The number of hydrogen-bond donors (Lipinski definition) is 2. The zero-order valence-corrected chi connectivity index (χ0v) is 15.1. The highest BCUT2D eigenvalue weighted by Crippen LogP contribution is 2.42. The molecule has 3 nitrogen and oxygen atoms in total. The van der Waals surface area contributed by atoms with Gasteiger partial charge in [0.15, 0.2) is 0 Å². The molecule has 0 aromatic heterocycles. The summed E-state index contributed by atoms with van der Waals surface area (Å²) in [5.41, 5.74) is 0.887. The highest BCUT2D eigenvalue weighted by Gasteiger charge is 2.44. The third kappa shape index (κ3) is 2.96. The van der Waals surface area contributed by atoms with Crippen LogP contribution in [0, 0.1) is 0 Å². The van der Waals surface area contributed by atoms with E-state index in [4.69, 9.17) is 0 Å². The summed E-state index contributed by atoms with van der Waals surface area (Å²) in [5, 5.41) is 7.08. The first-order chi connectivity index (χ1) is 11.2. The van der Waals surface area contributed by atoms with Crippen LogP contribution in [0.3, 0.4) is 0 Å². The molecule has 2 bridgehead atoms. The van der Waals surface area contributed by atoms with Crippen LogP contribution in [0.15, 0.2) is 28.7 Å². The van der Waals surface area contributed by atoms with Gasteiger partial charge in [-0.05, 0) is 56.2 Å². The third-order valence-corrected chi connectivity index (χ3v) is 6.63. The molecular weight excluding hydrogens is 352 g/mol. The lowest BCUT2D eigenvalue weighted by atomic mass is 9.77. The van der Waals surface area contributed by atoms with Crippen molar-refractivity contribution in [2.45, 2.75) is 74.9 Å². The summed E-state index contributed by atoms with van der Waals surface area (Å²) in [6.07, 6.45) is 9.01. The molecule has 2 N–H and O–H groups in total. The number of halogens is 1. The van der Waals surface area contributed by atoms with Crippen LogP contribution in [0.4, 0.5) is 0 Å². The van der Waals surface area contributed by atoms with Crippen LogP contribution in [0.2, 0.25) is 0 Å². The standard InChI is InChI=1S/C19H25BrN2O/c20-14-5-3-13(4-6-14)19(9-1-2-10-19)18(23)22-17-11-15-7-8-16(12-17)21-15/h3-6,15-17,21H,1-2,7-12H2,(H,22,23). The smallest absolute Gasteiger partial charge is 0.230 e. The number of benzene rings is 1. The number of hydrogen-bond acceptors (Lipinski definition) is 2. The zero-order valence-electron chi connectivity index (χ0n) is 13.5. The molecule has 1 aromatic carbocycles.